The zero-order valence-electron chi connectivity index (χ0n) is 25.8. The van der Waals surface area contributed by atoms with E-state index in [9.17, 15) is 0 Å². The fraction of sp³-hybridized carbons (Fsp3) is 0.500. The first-order valence-electron chi connectivity index (χ1n) is 15.7. The molecule has 0 aromatic heterocycles. The number of rotatable bonds is 14. The van der Waals surface area contributed by atoms with Crippen LogP contribution in [0.25, 0.3) is 0 Å². The highest BCUT2D eigenvalue weighted by Gasteiger charge is 2.51. The summed E-state index contributed by atoms with van der Waals surface area (Å²) < 4.78 is 12.6. The number of hydrogen-bond acceptors (Lipinski definition) is 3. The van der Waals surface area contributed by atoms with Gasteiger partial charge in [0.15, 0.2) is 0 Å². The van der Waals surface area contributed by atoms with Gasteiger partial charge in [0.25, 0.3) is 0 Å². The molecule has 0 amide bonds. The average Bonchev–Trinajstić information content (AvgIpc) is 3.17. The number of anilines is 3. The minimum absolute atomic E-state index is 0.348. The maximum atomic E-state index is 6.31. The van der Waals surface area contributed by atoms with Gasteiger partial charge in [0.2, 0.25) is 0 Å². The Morgan fingerprint density at radius 1 is 0.525 bits per heavy atom. The lowest BCUT2D eigenvalue weighted by molar-refractivity contribution is 0.00578. The van der Waals surface area contributed by atoms with Gasteiger partial charge >= 0.3 is 7.12 Å². The highest BCUT2D eigenvalue weighted by Crippen LogP contribution is 2.38. The first-order valence-corrected chi connectivity index (χ1v) is 15.7. The second kappa shape index (κ2) is 13.9. The first-order chi connectivity index (χ1) is 19.2. The Kier molecular flexibility index (Phi) is 10.5. The highest BCUT2D eigenvalue weighted by atomic mass is 16.7. The molecular weight excluding hydrogens is 489 g/mol. The average molecular weight is 540 g/mol. The minimum atomic E-state index is -0.355. The van der Waals surface area contributed by atoms with E-state index in [2.05, 4.69) is 119 Å². The quantitative estimate of drug-likeness (QED) is 0.150. The summed E-state index contributed by atoms with van der Waals surface area (Å²) in [6.07, 6.45) is 12.6. The molecular formula is C36H50BNO2. The van der Waals surface area contributed by atoms with E-state index in [0.29, 0.717) is 0 Å². The topological polar surface area (TPSA) is 21.7 Å². The van der Waals surface area contributed by atoms with Crippen LogP contribution in [0.3, 0.4) is 0 Å². The maximum Gasteiger partial charge on any atom is 0.494 e. The van der Waals surface area contributed by atoms with Crippen molar-refractivity contribution in [1.82, 2.24) is 0 Å². The van der Waals surface area contributed by atoms with Crippen LogP contribution in [-0.2, 0) is 22.2 Å². The molecule has 0 saturated carbocycles. The van der Waals surface area contributed by atoms with E-state index in [1.165, 1.54) is 73.9 Å². The van der Waals surface area contributed by atoms with E-state index in [0.717, 1.165) is 24.0 Å². The van der Waals surface area contributed by atoms with E-state index in [1.54, 1.807) is 0 Å². The van der Waals surface area contributed by atoms with Crippen molar-refractivity contribution in [3.8, 4) is 0 Å². The second-order valence-electron chi connectivity index (χ2n) is 12.5. The molecule has 0 unspecified atom stereocenters. The van der Waals surface area contributed by atoms with Crippen LogP contribution < -0.4 is 10.4 Å². The summed E-state index contributed by atoms with van der Waals surface area (Å²) in [5, 5.41) is 0. The predicted octanol–water partition coefficient (Wildman–Crippen LogP) is 9.70. The lowest BCUT2D eigenvalue weighted by Crippen LogP contribution is -2.41. The summed E-state index contributed by atoms with van der Waals surface area (Å²) in [5.41, 5.74) is 6.67. The Morgan fingerprint density at radius 2 is 0.900 bits per heavy atom. The Morgan fingerprint density at radius 3 is 1.27 bits per heavy atom. The van der Waals surface area contributed by atoms with Gasteiger partial charge < -0.3 is 14.2 Å². The highest BCUT2D eigenvalue weighted by molar-refractivity contribution is 6.62. The summed E-state index contributed by atoms with van der Waals surface area (Å²) in [4.78, 5) is 2.36. The first kappa shape index (κ1) is 30.4. The third-order valence-corrected chi connectivity index (χ3v) is 8.70. The lowest BCUT2D eigenvalue weighted by atomic mass is 9.79. The zero-order chi connectivity index (χ0) is 28.6. The molecule has 3 nitrogen and oxygen atoms in total. The van der Waals surface area contributed by atoms with Crippen LogP contribution in [-0.4, -0.2) is 18.3 Å². The van der Waals surface area contributed by atoms with Gasteiger partial charge in [-0.2, -0.15) is 0 Å². The molecule has 214 valence electrons. The van der Waals surface area contributed by atoms with Crippen molar-refractivity contribution >= 4 is 29.6 Å². The molecule has 1 aliphatic rings. The predicted molar refractivity (Wildman–Crippen MR) is 173 cm³/mol. The third-order valence-electron chi connectivity index (χ3n) is 8.70. The monoisotopic (exact) mass is 539 g/mol. The van der Waals surface area contributed by atoms with Gasteiger partial charge in [0.05, 0.1) is 11.2 Å². The van der Waals surface area contributed by atoms with Gasteiger partial charge in [-0.3, -0.25) is 0 Å². The van der Waals surface area contributed by atoms with Crippen LogP contribution in [0.2, 0.25) is 0 Å². The number of nitrogens with zero attached hydrogens (tertiary/aromatic N) is 1. The van der Waals surface area contributed by atoms with Crippen LogP contribution in [0.15, 0.2) is 72.8 Å². The Bertz CT molecular complexity index is 1100. The molecule has 1 fully saturated rings. The second-order valence-corrected chi connectivity index (χ2v) is 12.5. The molecule has 0 atom stereocenters. The van der Waals surface area contributed by atoms with E-state index < -0.39 is 0 Å². The van der Waals surface area contributed by atoms with Gasteiger partial charge in [-0.15, -0.1) is 0 Å². The molecule has 1 heterocycles. The van der Waals surface area contributed by atoms with E-state index >= 15 is 0 Å². The molecule has 4 heteroatoms. The van der Waals surface area contributed by atoms with Crippen LogP contribution in [0.1, 0.15) is 104 Å². The Balaban J connectivity index is 1.56. The molecule has 3 aromatic carbocycles. The fourth-order valence-corrected chi connectivity index (χ4v) is 5.34. The number of hydrogen-bond donors (Lipinski definition) is 0. The number of unbranched alkanes of at least 4 members (excludes halogenated alkanes) is 6. The van der Waals surface area contributed by atoms with E-state index in [4.69, 9.17) is 9.31 Å². The van der Waals surface area contributed by atoms with E-state index in [-0.39, 0.29) is 18.3 Å². The van der Waals surface area contributed by atoms with Crippen molar-refractivity contribution in [2.24, 2.45) is 0 Å². The van der Waals surface area contributed by atoms with Gasteiger partial charge in [-0.1, -0.05) is 88.8 Å². The van der Waals surface area contributed by atoms with Crippen LogP contribution in [0, 0.1) is 0 Å². The maximum absolute atomic E-state index is 6.31. The van der Waals surface area contributed by atoms with Gasteiger partial charge in [0.1, 0.15) is 0 Å². The number of benzene rings is 3. The van der Waals surface area contributed by atoms with Gasteiger partial charge in [-0.05, 0) is 106 Å². The molecule has 0 bridgehead atoms. The molecule has 40 heavy (non-hydrogen) atoms. The van der Waals surface area contributed by atoms with Crippen molar-refractivity contribution in [3.05, 3.63) is 83.9 Å². The normalized spacial score (nSPS) is 15.9. The molecule has 0 aliphatic carbocycles. The van der Waals surface area contributed by atoms with Crippen molar-refractivity contribution in [1.29, 1.82) is 0 Å². The molecule has 0 radical (unpaired) electrons. The zero-order valence-corrected chi connectivity index (χ0v) is 25.8. The van der Waals surface area contributed by atoms with Crippen LogP contribution >= 0.6 is 0 Å². The molecule has 4 rings (SSSR count). The molecule has 0 N–H and O–H groups in total. The van der Waals surface area contributed by atoms with Crippen molar-refractivity contribution in [2.45, 2.75) is 117 Å². The van der Waals surface area contributed by atoms with E-state index in [1.807, 2.05) is 0 Å². The smallest absolute Gasteiger partial charge is 0.399 e. The molecule has 0 spiro atoms. The summed E-state index contributed by atoms with van der Waals surface area (Å²) in [6.45, 7) is 12.9. The number of aryl methyl sites for hydroxylation is 2. The van der Waals surface area contributed by atoms with Gasteiger partial charge in [-0.25, -0.2) is 0 Å². The fourth-order valence-electron chi connectivity index (χ4n) is 5.34. The molecule has 1 aliphatic heterocycles. The molecule has 3 aromatic rings. The minimum Gasteiger partial charge on any atom is -0.399 e. The van der Waals surface area contributed by atoms with Gasteiger partial charge in [0, 0.05) is 17.1 Å². The summed E-state index contributed by atoms with van der Waals surface area (Å²) >= 11 is 0. The van der Waals surface area contributed by atoms with Crippen LogP contribution in [0.5, 0.6) is 0 Å². The molecule has 1 saturated heterocycles. The lowest BCUT2D eigenvalue weighted by Gasteiger charge is -2.32. The Hall–Kier alpha value is -2.56. The standard InChI is InChI=1S/C36H50BNO2/c1-7-9-11-13-15-29-17-23-32(24-18-29)38(33-25-19-30(20-26-33)16-14-12-10-8-2)34-27-21-31(22-28-34)37-39-35(3,4)36(5,6)40-37/h17-28H,7-16H2,1-6H3. The van der Waals surface area contributed by atoms with Crippen molar-refractivity contribution in [2.75, 3.05) is 4.90 Å². The third kappa shape index (κ3) is 7.59. The van der Waals surface area contributed by atoms with Crippen molar-refractivity contribution < 1.29 is 9.31 Å². The summed E-state index contributed by atoms with van der Waals surface area (Å²) in [7, 11) is -0.355. The summed E-state index contributed by atoms with van der Waals surface area (Å²) in [5.74, 6) is 0. The largest absolute Gasteiger partial charge is 0.494 e. The summed E-state index contributed by atoms with van der Waals surface area (Å²) in [6, 6.07) is 27.0. The Labute approximate surface area is 244 Å². The SMILES string of the molecule is CCCCCCc1ccc(N(c2ccc(CCCCCC)cc2)c2ccc(B3OC(C)(C)C(C)(C)O3)cc2)cc1. The van der Waals surface area contributed by atoms with Crippen LogP contribution in [0.4, 0.5) is 17.1 Å². The van der Waals surface area contributed by atoms with Crippen molar-refractivity contribution in [3.63, 3.8) is 0 Å².